The molecule has 104 valence electrons. The Bertz CT molecular complexity index is 737. The lowest BCUT2D eigenvalue weighted by molar-refractivity contribution is -0.144. The third-order valence-corrected chi connectivity index (χ3v) is 4.51. The van der Waals surface area contributed by atoms with Gasteiger partial charge in [-0.15, -0.1) is 22.7 Å². The minimum atomic E-state index is -4.64. The van der Waals surface area contributed by atoms with E-state index < -0.39 is 18.1 Å². The largest absolute Gasteiger partial charge is 0.451 e. The van der Waals surface area contributed by atoms with Crippen LogP contribution in [-0.4, -0.2) is 15.1 Å². The predicted molar refractivity (Wildman–Crippen MR) is 70.8 cm³/mol. The maximum absolute atomic E-state index is 12.8. The van der Waals surface area contributed by atoms with Gasteiger partial charge in [0.15, 0.2) is 0 Å². The van der Waals surface area contributed by atoms with Crippen molar-refractivity contribution in [3.63, 3.8) is 0 Å². The van der Waals surface area contributed by atoms with Gasteiger partial charge in [0.25, 0.3) is 0 Å². The highest BCUT2D eigenvalue weighted by Gasteiger charge is 2.36. The van der Waals surface area contributed by atoms with E-state index >= 15 is 0 Å². The Morgan fingerprint density at radius 2 is 1.90 bits per heavy atom. The van der Waals surface area contributed by atoms with E-state index in [2.05, 4.69) is 9.97 Å². The zero-order valence-electron chi connectivity index (χ0n) is 9.76. The van der Waals surface area contributed by atoms with E-state index in [1.807, 2.05) is 0 Å². The van der Waals surface area contributed by atoms with Crippen LogP contribution in [-0.2, 0) is 6.18 Å². The Hall–Kier alpha value is -1.51. The molecule has 3 nitrogen and oxygen atoms in total. The van der Waals surface area contributed by atoms with Gasteiger partial charge in [0, 0.05) is 4.88 Å². The number of rotatable bonds is 2. The first kappa shape index (κ1) is 13.5. The molecule has 3 aromatic rings. The predicted octanol–water partition coefficient (Wildman–Crippen LogP) is 3.85. The molecule has 0 saturated carbocycles. The van der Waals surface area contributed by atoms with Crippen molar-refractivity contribution >= 4 is 32.9 Å². The molecule has 0 fully saturated rings. The first-order valence-electron chi connectivity index (χ1n) is 5.50. The summed E-state index contributed by atoms with van der Waals surface area (Å²) < 4.78 is 38.9. The summed E-state index contributed by atoms with van der Waals surface area (Å²) in [5.74, 6) is -1.23. The molecular formula is C12H7F3N2OS2. The van der Waals surface area contributed by atoms with Gasteiger partial charge in [-0.05, 0) is 22.9 Å². The number of hydrogen-bond acceptors (Lipinski definition) is 5. The van der Waals surface area contributed by atoms with Gasteiger partial charge >= 0.3 is 6.18 Å². The monoisotopic (exact) mass is 316 g/mol. The number of halogens is 3. The number of hydrogen-bond donors (Lipinski definition) is 1. The van der Waals surface area contributed by atoms with Gasteiger partial charge in [0.2, 0.25) is 5.82 Å². The van der Waals surface area contributed by atoms with Crippen LogP contribution in [0.4, 0.5) is 13.2 Å². The van der Waals surface area contributed by atoms with Gasteiger partial charge in [-0.2, -0.15) is 13.2 Å². The average Bonchev–Trinajstić information content (AvgIpc) is 3.06. The first-order chi connectivity index (χ1) is 9.47. The van der Waals surface area contributed by atoms with E-state index in [0.717, 1.165) is 0 Å². The van der Waals surface area contributed by atoms with E-state index in [1.165, 1.54) is 28.7 Å². The molecule has 3 aromatic heterocycles. The Morgan fingerprint density at radius 1 is 1.10 bits per heavy atom. The fraction of sp³-hybridized carbons (Fsp3) is 0.167. The summed E-state index contributed by atoms with van der Waals surface area (Å²) in [7, 11) is 0. The van der Waals surface area contributed by atoms with Crippen molar-refractivity contribution in [2.24, 2.45) is 0 Å². The van der Waals surface area contributed by atoms with Gasteiger partial charge < -0.3 is 5.11 Å². The molecule has 0 amide bonds. The Labute approximate surface area is 119 Å². The lowest BCUT2D eigenvalue weighted by Gasteiger charge is -2.12. The summed E-state index contributed by atoms with van der Waals surface area (Å²) in [4.78, 5) is 7.58. The quantitative estimate of drug-likeness (QED) is 0.781. The van der Waals surface area contributed by atoms with E-state index in [0.29, 0.717) is 9.58 Å². The molecule has 1 atom stereocenters. The Morgan fingerprint density at radius 3 is 2.55 bits per heavy atom. The second kappa shape index (κ2) is 4.80. The zero-order valence-corrected chi connectivity index (χ0v) is 11.4. The van der Waals surface area contributed by atoms with E-state index in [9.17, 15) is 18.3 Å². The number of aliphatic hydroxyl groups excluding tert-OH is 1. The second-order valence-corrected chi connectivity index (χ2v) is 5.88. The lowest BCUT2D eigenvalue weighted by Crippen LogP contribution is -2.14. The fourth-order valence-electron chi connectivity index (χ4n) is 1.78. The van der Waals surface area contributed by atoms with Crippen LogP contribution in [0.15, 0.2) is 29.0 Å². The average molecular weight is 316 g/mol. The molecule has 0 saturated heterocycles. The maximum atomic E-state index is 12.8. The number of fused-ring (bicyclic) bond motifs is 1. The van der Waals surface area contributed by atoms with Crippen molar-refractivity contribution in [2.75, 3.05) is 0 Å². The van der Waals surface area contributed by atoms with Crippen LogP contribution in [0.2, 0.25) is 0 Å². The minimum Gasteiger partial charge on any atom is -0.381 e. The Kier molecular flexibility index (Phi) is 3.23. The highest BCUT2D eigenvalue weighted by atomic mass is 32.1. The molecule has 0 aromatic carbocycles. The molecule has 3 rings (SSSR count). The fourth-order valence-corrected chi connectivity index (χ4v) is 3.34. The smallest absolute Gasteiger partial charge is 0.381 e. The van der Waals surface area contributed by atoms with Crippen LogP contribution in [0, 0.1) is 0 Å². The molecule has 0 aliphatic rings. The van der Waals surface area contributed by atoms with Crippen LogP contribution in [0.3, 0.4) is 0 Å². The number of nitrogens with zero attached hydrogens (tertiary/aromatic N) is 2. The summed E-state index contributed by atoms with van der Waals surface area (Å²) in [6.45, 7) is 0. The van der Waals surface area contributed by atoms with Gasteiger partial charge in [-0.1, -0.05) is 6.07 Å². The summed E-state index contributed by atoms with van der Waals surface area (Å²) in [5.41, 5.74) is 0.197. The Balaban J connectivity index is 2.20. The second-order valence-electron chi connectivity index (χ2n) is 3.98. The molecule has 3 heterocycles. The van der Waals surface area contributed by atoms with Crippen LogP contribution in [0.1, 0.15) is 22.5 Å². The van der Waals surface area contributed by atoms with Gasteiger partial charge in [-0.25, -0.2) is 9.97 Å². The van der Waals surface area contributed by atoms with Crippen molar-refractivity contribution in [3.05, 3.63) is 45.4 Å². The standard InChI is InChI=1S/C12H7F3N2OS2/c13-12(14,15)11-16-6-3-5-20-10(6)8(17-11)9(18)7-2-1-4-19-7/h1-5,9,18H. The molecule has 0 bridgehead atoms. The first-order valence-corrected chi connectivity index (χ1v) is 7.26. The van der Waals surface area contributed by atoms with Crippen molar-refractivity contribution in [1.29, 1.82) is 0 Å². The topological polar surface area (TPSA) is 46.0 Å². The van der Waals surface area contributed by atoms with Gasteiger partial charge in [-0.3, -0.25) is 0 Å². The molecule has 1 unspecified atom stereocenters. The number of aromatic nitrogens is 2. The normalized spacial score (nSPS) is 13.8. The summed E-state index contributed by atoms with van der Waals surface area (Å²) >= 11 is 2.47. The van der Waals surface area contributed by atoms with Crippen LogP contribution < -0.4 is 0 Å². The van der Waals surface area contributed by atoms with Gasteiger partial charge in [0.05, 0.1) is 15.9 Å². The highest BCUT2D eigenvalue weighted by molar-refractivity contribution is 7.17. The van der Waals surface area contributed by atoms with Crippen LogP contribution >= 0.6 is 22.7 Å². The van der Waals surface area contributed by atoms with E-state index in [4.69, 9.17) is 0 Å². The summed E-state index contributed by atoms with van der Waals surface area (Å²) in [6.07, 6.45) is -5.82. The van der Waals surface area contributed by atoms with Crippen molar-refractivity contribution in [1.82, 2.24) is 9.97 Å². The van der Waals surface area contributed by atoms with Crippen LogP contribution in [0.5, 0.6) is 0 Å². The third kappa shape index (κ3) is 2.30. The summed E-state index contributed by atoms with van der Waals surface area (Å²) in [5, 5.41) is 13.6. The summed E-state index contributed by atoms with van der Waals surface area (Å²) in [6, 6.07) is 4.87. The lowest BCUT2D eigenvalue weighted by atomic mass is 10.2. The van der Waals surface area contributed by atoms with Crippen molar-refractivity contribution in [3.8, 4) is 0 Å². The van der Waals surface area contributed by atoms with Crippen molar-refractivity contribution < 1.29 is 18.3 Å². The van der Waals surface area contributed by atoms with Crippen molar-refractivity contribution in [2.45, 2.75) is 12.3 Å². The highest BCUT2D eigenvalue weighted by Crippen LogP contribution is 2.35. The van der Waals surface area contributed by atoms with E-state index in [-0.39, 0.29) is 11.2 Å². The van der Waals surface area contributed by atoms with Crippen LogP contribution in [0.25, 0.3) is 10.2 Å². The molecule has 20 heavy (non-hydrogen) atoms. The SMILES string of the molecule is OC(c1cccs1)c1nc(C(F)(F)F)nc2ccsc12. The number of alkyl halides is 3. The molecule has 0 radical (unpaired) electrons. The maximum Gasteiger partial charge on any atom is 0.451 e. The molecule has 0 spiro atoms. The molecule has 8 heteroatoms. The number of thiophene rings is 2. The third-order valence-electron chi connectivity index (χ3n) is 2.66. The molecular weight excluding hydrogens is 309 g/mol. The van der Waals surface area contributed by atoms with E-state index in [1.54, 1.807) is 22.9 Å². The zero-order chi connectivity index (χ0) is 14.3. The number of aliphatic hydroxyl groups is 1. The molecule has 0 aliphatic heterocycles. The minimum absolute atomic E-state index is 0.000208. The molecule has 1 N–H and O–H groups in total. The molecule has 0 aliphatic carbocycles. The van der Waals surface area contributed by atoms with Gasteiger partial charge in [0.1, 0.15) is 6.10 Å².